The van der Waals surface area contributed by atoms with E-state index >= 15 is 0 Å². The zero-order chi connectivity index (χ0) is 47.4. The standard InChI is InChI=1S/C46H55ClN12O7S/c1-6-28-24-35(52-46-50-26-32(47)43(54-46)51-34-11-10-33-41(49-17-16-48-33)42(34)55-67(5,63)64)39(65-4)25-37(28)58-18-14-29(15-19-58)57(3)21-20-56(2)22-23-66-38-9-7-8-30-31(38)27-59(45(30)62)36-12-13-40(60)53-44(36)61/h7-11,16-17,24-26,29,36,55H,6,12-15,18-23,27H2,1-5H3,(H,53,60,61)(H2,50,51,52,54). The summed E-state index contributed by atoms with van der Waals surface area (Å²) >= 11 is 6.56. The van der Waals surface area contributed by atoms with Gasteiger partial charge in [0.15, 0.2) is 5.82 Å². The number of fused-ring (bicyclic) bond motifs is 2. The highest BCUT2D eigenvalue weighted by atomic mass is 35.5. The number of methoxy groups -OCH3 is 1. The molecule has 67 heavy (non-hydrogen) atoms. The largest absolute Gasteiger partial charge is 0.494 e. The number of nitrogens with one attached hydrogen (secondary N) is 4. The SMILES string of the molecule is CCc1cc(Nc2ncc(Cl)c(Nc3ccc4nccnc4c3NS(C)(=O)=O)n2)c(OC)cc1N1CCC(N(C)CCN(C)CCOc2cccc3c2CN(C2CCC(=O)NC2=O)C3=O)CC1. The van der Waals surface area contributed by atoms with Gasteiger partial charge in [-0.2, -0.15) is 4.98 Å². The Hall–Kier alpha value is -6.35. The summed E-state index contributed by atoms with van der Waals surface area (Å²) < 4.78 is 39.3. The number of hydrogen-bond acceptors (Lipinski definition) is 16. The molecule has 0 radical (unpaired) electrons. The number of benzene rings is 3. The van der Waals surface area contributed by atoms with Gasteiger partial charge in [-0.15, -0.1) is 0 Å². The first-order valence-corrected chi connectivity index (χ1v) is 24.5. The fourth-order valence-corrected chi connectivity index (χ4v) is 9.54. The number of aryl methyl sites for hydroxylation is 1. The molecular formula is C46H55ClN12O7S. The monoisotopic (exact) mass is 954 g/mol. The van der Waals surface area contributed by atoms with Gasteiger partial charge in [0.2, 0.25) is 27.8 Å². The molecule has 354 valence electrons. The molecule has 3 aliphatic rings. The first-order chi connectivity index (χ1) is 32.2. The number of aromatic nitrogens is 4. The summed E-state index contributed by atoms with van der Waals surface area (Å²) in [5.41, 5.74) is 5.70. The van der Waals surface area contributed by atoms with Gasteiger partial charge >= 0.3 is 0 Å². The lowest BCUT2D eigenvalue weighted by Gasteiger charge is -2.39. The van der Waals surface area contributed by atoms with Crippen molar-refractivity contribution in [2.24, 2.45) is 0 Å². The number of carbonyl (C=O) groups excluding carboxylic acids is 3. The van der Waals surface area contributed by atoms with Crippen LogP contribution in [-0.4, -0.2) is 140 Å². The normalized spacial score (nSPS) is 16.7. The molecule has 3 aliphatic heterocycles. The van der Waals surface area contributed by atoms with Gasteiger partial charge in [0.05, 0.1) is 48.7 Å². The quantitative estimate of drug-likeness (QED) is 0.0833. The van der Waals surface area contributed by atoms with Crippen molar-refractivity contribution < 1.29 is 32.3 Å². The molecule has 2 saturated heterocycles. The van der Waals surface area contributed by atoms with E-state index in [0.29, 0.717) is 65.1 Å². The van der Waals surface area contributed by atoms with Crippen LogP contribution in [0, 0.1) is 0 Å². The third-order valence-electron chi connectivity index (χ3n) is 12.5. The topological polar surface area (TPSA) is 216 Å². The molecular weight excluding hydrogens is 900 g/mol. The van der Waals surface area contributed by atoms with E-state index in [-0.39, 0.29) is 47.3 Å². The fourth-order valence-electron chi connectivity index (χ4n) is 8.82. The van der Waals surface area contributed by atoms with Crippen LogP contribution in [0.4, 0.5) is 34.5 Å². The van der Waals surface area contributed by atoms with Crippen LogP contribution in [-0.2, 0) is 32.6 Å². The van der Waals surface area contributed by atoms with Gasteiger partial charge in [0, 0.05) is 80.5 Å². The van der Waals surface area contributed by atoms with Crippen LogP contribution in [0.2, 0.25) is 5.02 Å². The van der Waals surface area contributed by atoms with E-state index in [2.05, 4.69) is 88.5 Å². The smallest absolute Gasteiger partial charge is 0.255 e. The Morgan fingerprint density at radius 1 is 0.940 bits per heavy atom. The molecule has 0 saturated carbocycles. The molecule has 8 rings (SSSR count). The number of hydrogen-bond donors (Lipinski definition) is 4. The summed E-state index contributed by atoms with van der Waals surface area (Å²) in [5.74, 6) is 0.799. The van der Waals surface area contributed by atoms with E-state index in [1.807, 2.05) is 6.07 Å². The number of anilines is 6. The highest BCUT2D eigenvalue weighted by Gasteiger charge is 2.40. The van der Waals surface area contributed by atoms with Crippen LogP contribution in [0.5, 0.6) is 11.5 Å². The summed E-state index contributed by atoms with van der Waals surface area (Å²) in [6.07, 6.45) is 8.85. The minimum atomic E-state index is -3.68. The molecule has 5 aromatic rings. The number of rotatable bonds is 18. The number of carbonyl (C=O) groups is 3. The van der Waals surface area contributed by atoms with Crippen molar-refractivity contribution in [3.63, 3.8) is 0 Å². The molecule has 21 heteroatoms. The van der Waals surface area contributed by atoms with Crippen molar-refractivity contribution in [3.05, 3.63) is 82.8 Å². The number of likely N-dealkylation sites (N-methyl/N-ethyl adjacent to an activating group) is 2. The molecule has 2 aromatic heterocycles. The minimum absolute atomic E-state index is 0.209. The van der Waals surface area contributed by atoms with Crippen LogP contribution in [0.15, 0.2) is 61.1 Å². The third kappa shape index (κ3) is 10.8. The molecule has 5 heterocycles. The van der Waals surface area contributed by atoms with Crippen molar-refractivity contribution in [3.8, 4) is 11.5 Å². The molecule has 4 N–H and O–H groups in total. The molecule has 1 atom stereocenters. The Labute approximate surface area is 394 Å². The first-order valence-electron chi connectivity index (χ1n) is 22.2. The van der Waals surface area contributed by atoms with E-state index in [9.17, 15) is 22.8 Å². The highest BCUT2D eigenvalue weighted by molar-refractivity contribution is 7.92. The summed E-state index contributed by atoms with van der Waals surface area (Å²) in [7, 11) is 2.22. The van der Waals surface area contributed by atoms with Crippen LogP contribution in [0.1, 0.15) is 54.1 Å². The number of sulfonamides is 1. The summed E-state index contributed by atoms with van der Waals surface area (Å²) in [5, 5.41) is 9.03. The maximum Gasteiger partial charge on any atom is 0.255 e. The van der Waals surface area contributed by atoms with E-state index in [0.717, 1.165) is 68.5 Å². The van der Waals surface area contributed by atoms with E-state index in [1.54, 1.807) is 36.3 Å². The minimum Gasteiger partial charge on any atom is -0.494 e. The van der Waals surface area contributed by atoms with Gasteiger partial charge in [0.25, 0.3) is 5.91 Å². The average molecular weight is 956 g/mol. The fraction of sp³-hybridized carbons (Fsp3) is 0.413. The van der Waals surface area contributed by atoms with Gasteiger partial charge in [0.1, 0.15) is 34.7 Å². The van der Waals surface area contributed by atoms with Crippen molar-refractivity contribution in [2.45, 2.75) is 57.7 Å². The van der Waals surface area contributed by atoms with Crippen molar-refractivity contribution in [2.75, 3.05) is 87.0 Å². The van der Waals surface area contributed by atoms with Gasteiger partial charge in [-0.3, -0.25) is 34.4 Å². The van der Waals surface area contributed by atoms with Gasteiger partial charge in [-0.1, -0.05) is 24.6 Å². The van der Waals surface area contributed by atoms with E-state index in [1.165, 1.54) is 18.6 Å². The maximum atomic E-state index is 13.2. The van der Waals surface area contributed by atoms with Crippen molar-refractivity contribution in [1.82, 2.24) is 40.0 Å². The van der Waals surface area contributed by atoms with Gasteiger partial charge in [-0.05, 0) is 75.7 Å². The second-order valence-electron chi connectivity index (χ2n) is 17.0. The van der Waals surface area contributed by atoms with E-state index in [4.69, 9.17) is 21.1 Å². The summed E-state index contributed by atoms with van der Waals surface area (Å²) in [4.78, 5) is 63.8. The van der Waals surface area contributed by atoms with Crippen LogP contribution >= 0.6 is 11.6 Å². The highest BCUT2D eigenvalue weighted by Crippen LogP contribution is 2.39. The second-order valence-corrected chi connectivity index (χ2v) is 19.1. The number of ether oxygens (including phenoxy) is 2. The van der Waals surface area contributed by atoms with Crippen LogP contribution in [0.25, 0.3) is 11.0 Å². The van der Waals surface area contributed by atoms with Gasteiger partial charge in [-0.25, -0.2) is 13.4 Å². The molecule has 0 spiro atoms. The second kappa shape index (κ2) is 20.3. The Kier molecular flexibility index (Phi) is 14.3. The molecule has 2 fully saturated rings. The molecule has 0 aliphatic carbocycles. The lowest BCUT2D eigenvalue weighted by molar-refractivity contribution is -0.136. The Balaban J connectivity index is 0.840. The number of imide groups is 1. The number of halogens is 1. The predicted molar refractivity (Wildman–Crippen MR) is 257 cm³/mol. The van der Waals surface area contributed by atoms with Gasteiger partial charge < -0.3 is 39.7 Å². The Morgan fingerprint density at radius 2 is 1.73 bits per heavy atom. The zero-order valence-corrected chi connectivity index (χ0v) is 39.7. The lowest BCUT2D eigenvalue weighted by Crippen LogP contribution is -2.52. The molecule has 0 bridgehead atoms. The molecule has 1 unspecified atom stereocenters. The lowest BCUT2D eigenvalue weighted by atomic mass is 10.0. The zero-order valence-electron chi connectivity index (χ0n) is 38.1. The van der Waals surface area contributed by atoms with E-state index < -0.39 is 22.0 Å². The van der Waals surface area contributed by atoms with Crippen molar-refractivity contribution >= 4 is 84.9 Å². The van der Waals surface area contributed by atoms with Crippen LogP contribution in [0.3, 0.4) is 0 Å². The Morgan fingerprint density at radius 3 is 2.48 bits per heavy atom. The molecule has 3 amide bonds. The first kappa shape index (κ1) is 47.2. The maximum absolute atomic E-state index is 13.2. The molecule has 19 nitrogen and oxygen atoms in total. The molecule has 3 aromatic carbocycles. The third-order valence-corrected chi connectivity index (χ3v) is 13.3. The Bertz CT molecular complexity index is 2790. The summed E-state index contributed by atoms with van der Waals surface area (Å²) in [6, 6.07) is 12.7. The number of amides is 3. The predicted octanol–water partition coefficient (Wildman–Crippen LogP) is 5.18. The van der Waals surface area contributed by atoms with Crippen molar-refractivity contribution in [1.29, 1.82) is 0 Å². The number of piperidine rings is 2. The number of nitrogens with zero attached hydrogens (tertiary/aromatic N) is 8. The van der Waals surface area contributed by atoms with Crippen LogP contribution < -0.4 is 35.0 Å². The summed E-state index contributed by atoms with van der Waals surface area (Å²) in [6.45, 7) is 7.06. The average Bonchev–Trinajstić information content (AvgIpc) is 3.65.